The lowest BCUT2D eigenvalue weighted by Crippen LogP contribution is -2.13. The van der Waals surface area contributed by atoms with Gasteiger partial charge in [0.05, 0.1) is 19.3 Å². The summed E-state index contributed by atoms with van der Waals surface area (Å²) in [6, 6.07) is 7.37. The van der Waals surface area contributed by atoms with Crippen LogP contribution in [0.4, 0.5) is 10.1 Å². The van der Waals surface area contributed by atoms with E-state index in [1.165, 1.54) is 6.20 Å². The summed E-state index contributed by atoms with van der Waals surface area (Å²) >= 11 is 3.39. The molecule has 5 heteroatoms. The molecule has 1 heterocycles. The number of rotatable bonds is 7. The molecule has 0 spiro atoms. The van der Waals surface area contributed by atoms with E-state index in [4.69, 9.17) is 4.74 Å². The average Bonchev–Trinajstić information content (AvgIpc) is 2.53. The summed E-state index contributed by atoms with van der Waals surface area (Å²) in [6.45, 7) is 3.74. The van der Waals surface area contributed by atoms with Gasteiger partial charge < -0.3 is 10.1 Å². The molecule has 0 fully saturated rings. The molecular weight excluding hydrogens is 347 g/mol. The third kappa shape index (κ3) is 4.07. The van der Waals surface area contributed by atoms with Crippen LogP contribution in [0.15, 0.2) is 53.8 Å². The molecule has 1 N–H and O–H groups in total. The van der Waals surface area contributed by atoms with Crippen molar-refractivity contribution in [1.82, 2.24) is 4.98 Å². The predicted molar refractivity (Wildman–Crippen MR) is 90.7 cm³/mol. The topological polar surface area (TPSA) is 34.1 Å². The minimum absolute atomic E-state index is 0.177. The van der Waals surface area contributed by atoms with Gasteiger partial charge in [0, 0.05) is 21.9 Å². The second kappa shape index (κ2) is 7.94. The fraction of sp³-hybridized carbons (Fsp3) is 0.235. The number of benzene rings is 1. The monoisotopic (exact) mass is 364 g/mol. The predicted octanol–water partition coefficient (Wildman–Crippen LogP) is 5.11. The maximum Gasteiger partial charge on any atom is 0.147 e. The first-order valence-electron chi connectivity index (χ1n) is 6.96. The van der Waals surface area contributed by atoms with Gasteiger partial charge in [-0.15, -0.1) is 6.58 Å². The van der Waals surface area contributed by atoms with Crippen LogP contribution in [0.5, 0.6) is 5.75 Å². The van der Waals surface area contributed by atoms with Crippen LogP contribution in [-0.2, 0) is 0 Å². The van der Waals surface area contributed by atoms with E-state index in [-0.39, 0.29) is 11.9 Å². The molecule has 22 heavy (non-hydrogen) atoms. The quantitative estimate of drug-likeness (QED) is 0.693. The number of pyridine rings is 1. The standard InChI is InChI=1S/C17H18BrFN2O/c1-3-4-5-16(17-14(18)10-20-11-15(17)19)21-12-6-8-13(22-2)9-7-12/h3,6-11,16,21H,1,4-5H2,2H3/t16-/m1/s1. The van der Waals surface area contributed by atoms with Crippen LogP contribution in [0.3, 0.4) is 0 Å². The van der Waals surface area contributed by atoms with E-state index in [2.05, 4.69) is 32.8 Å². The third-order valence-corrected chi connectivity index (χ3v) is 3.96. The number of halogens is 2. The second-order valence-corrected chi connectivity index (χ2v) is 5.66. The van der Waals surface area contributed by atoms with Crippen molar-refractivity contribution < 1.29 is 9.13 Å². The second-order valence-electron chi connectivity index (χ2n) is 4.81. The van der Waals surface area contributed by atoms with Gasteiger partial charge >= 0.3 is 0 Å². The molecule has 3 nitrogen and oxygen atoms in total. The number of methoxy groups -OCH3 is 1. The van der Waals surface area contributed by atoms with Crippen LogP contribution in [0.2, 0.25) is 0 Å². The molecule has 0 saturated carbocycles. The summed E-state index contributed by atoms with van der Waals surface area (Å²) in [6.07, 6.45) is 6.18. The molecule has 0 aliphatic rings. The highest BCUT2D eigenvalue weighted by atomic mass is 79.9. The van der Waals surface area contributed by atoms with E-state index in [9.17, 15) is 4.39 Å². The molecule has 0 radical (unpaired) electrons. The average molecular weight is 365 g/mol. The van der Waals surface area contributed by atoms with Crippen LogP contribution in [0.1, 0.15) is 24.4 Å². The van der Waals surface area contributed by atoms with Gasteiger partial charge in [0.25, 0.3) is 0 Å². The van der Waals surface area contributed by atoms with Gasteiger partial charge in [-0.2, -0.15) is 0 Å². The van der Waals surface area contributed by atoms with Crippen molar-refractivity contribution in [2.75, 3.05) is 12.4 Å². The fourth-order valence-corrected chi connectivity index (χ4v) is 2.80. The van der Waals surface area contributed by atoms with Crippen LogP contribution in [0.25, 0.3) is 0 Å². The molecule has 0 aliphatic carbocycles. The largest absolute Gasteiger partial charge is 0.497 e. The van der Waals surface area contributed by atoms with Crippen LogP contribution in [-0.4, -0.2) is 12.1 Å². The first kappa shape index (κ1) is 16.5. The van der Waals surface area contributed by atoms with E-state index in [1.54, 1.807) is 13.3 Å². The zero-order chi connectivity index (χ0) is 15.9. The summed E-state index contributed by atoms with van der Waals surface area (Å²) in [5.74, 6) is 0.453. The van der Waals surface area contributed by atoms with E-state index < -0.39 is 0 Å². The van der Waals surface area contributed by atoms with E-state index in [1.807, 2.05) is 30.3 Å². The number of ether oxygens (including phenoxy) is 1. The number of hydrogen-bond acceptors (Lipinski definition) is 3. The Morgan fingerprint density at radius 3 is 2.68 bits per heavy atom. The molecule has 0 bridgehead atoms. The number of anilines is 1. The van der Waals surface area contributed by atoms with E-state index >= 15 is 0 Å². The van der Waals surface area contributed by atoms with Gasteiger partial charge in [-0.1, -0.05) is 6.08 Å². The minimum Gasteiger partial charge on any atom is -0.497 e. The Morgan fingerprint density at radius 1 is 1.36 bits per heavy atom. The first-order valence-corrected chi connectivity index (χ1v) is 7.75. The zero-order valence-electron chi connectivity index (χ0n) is 12.4. The molecule has 1 aromatic carbocycles. The molecule has 0 aliphatic heterocycles. The highest BCUT2D eigenvalue weighted by molar-refractivity contribution is 9.10. The van der Waals surface area contributed by atoms with Crippen molar-refractivity contribution in [3.63, 3.8) is 0 Å². The maximum absolute atomic E-state index is 14.2. The summed E-state index contributed by atoms with van der Waals surface area (Å²) in [5, 5.41) is 3.36. The normalized spacial score (nSPS) is 11.8. The highest BCUT2D eigenvalue weighted by Crippen LogP contribution is 2.31. The molecule has 0 unspecified atom stereocenters. The molecule has 2 aromatic rings. The number of hydrogen-bond donors (Lipinski definition) is 1. The lowest BCUT2D eigenvalue weighted by molar-refractivity contribution is 0.415. The Labute approximate surface area is 138 Å². The summed E-state index contributed by atoms with van der Waals surface area (Å²) in [7, 11) is 1.62. The molecule has 1 aromatic heterocycles. The lowest BCUT2D eigenvalue weighted by atomic mass is 10.0. The Bertz CT molecular complexity index is 611. The van der Waals surface area contributed by atoms with Crippen molar-refractivity contribution in [2.24, 2.45) is 0 Å². The van der Waals surface area contributed by atoms with Gasteiger partial charge in [0.1, 0.15) is 11.6 Å². The van der Waals surface area contributed by atoms with Crippen LogP contribution < -0.4 is 10.1 Å². The smallest absolute Gasteiger partial charge is 0.147 e. The highest BCUT2D eigenvalue weighted by Gasteiger charge is 2.18. The summed E-state index contributed by atoms with van der Waals surface area (Å²) in [5.41, 5.74) is 1.48. The van der Waals surface area contributed by atoms with Gasteiger partial charge in [-0.25, -0.2) is 4.39 Å². The SMILES string of the molecule is C=CCC[C@@H](Nc1ccc(OC)cc1)c1c(F)cncc1Br. The number of nitrogens with one attached hydrogen (secondary N) is 1. The Kier molecular flexibility index (Phi) is 5.95. The van der Waals surface area contributed by atoms with Crippen molar-refractivity contribution in [3.8, 4) is 5.75 Å². The summed E-state index contributed by atoms with van der Waals surface area (Å²) < 4.78 is 20.0. The molecular formula is C17H18BrFN2O. The van der Waals surface area contributed by atoms with Crippen molar-refractivity contribution >= 4 is 21.6 Å². The van der Waals surface area contributed by atoms with Gasteiger partial charge in [-0.05, 0) is 53.0 Å². The van der Waals surface area contributed by atoms with Gasteiger partial charge in [-0.3, -0.25) is 4.98 Å². The lowest BCUT2D eigenvalue weighted by Gasteiger charge is -2.21. The Morgan fingerprint density at radius 2 is 2.09 bits per heavy atom. The fourth-order valence-electron chi connectivity index (χ4n) is 2.22. The zero-order valence-corrected chi connectivity index (χ0v) is 13.9. The van der Waals surface area contributed by atoms with E-state index in [0.29, 0.717) is 10.0 Å². The molecule has 1 atom stereocenters. The van der Waals surface area contributed by atoms with Crippen molar-refractivity contribution in [3.05, 3.63) is 65.2 Å². The van der Waals surface area contributed by atoms with Gasteiger partial charge in [0.2, 0.25) is 0 Å². The van der Waals surface area contributed by atoms with E-state index in [0.717, 1.165) is 24.3 Å². The number of nitrogens with zero attached hydrogens (tertiary/aromatic N) is 1. The van der Waals surface area contributed by atoms with Crippen LogP contribution >= 0.6 is 15.9 Å². The van der Waals surface area contributed by atoms with Crippen LogP contribution in [0, 0.1) is 5.82 Å². The van der Waals surface area contributed by atoms with Crippen molar-refractivity contribution in [2.45, 2.75) is 18.9 Å². The van der Waals surface area contributed by atoms with Crippen molar-refractivity contribution in [1.29, 1.82) is 0 Å². The first-order chi connectivity index (χ1) is 10.7. The molecule has 2 rings (SSSR count). The number of aromatic nitrogens is 1. The maximum atomic E-state index is 14.2. The number of allylic oxidation sites excluding steroid dienone is 1. The summed E-state index contributed by atoms with van der Waals surface area (Å²) in [4.78, 5) is 3.85. The molecule has 0 amide bonds. The minimum atomic E-state index is -0.329. The van der Waals surface area contributed by atoms with Gasteiger partial charge in [0.15, 0.2) is 0 Å². The molecule has 0 saturated heterocycles. The molecule has 116 valence electrons. The Balaban J connectivity index is 2.27. The Hall–Kier alpha value is -1.88. The third-order valence-electron chi connectivity index (χ3n) is 3.33.